The number of ether oxygens (including phenoxy) is 1. The van der Waals surface area contributed by atoms with E-state index in [-0.39, 0.29) is 12.1 Å². The number of nitrogens with zero attached hydrogens (tertiary/aromatic N) is 1. The summed E-state index contributed by atoms with van der Waals surface area (Å²) in [5.41, 5.74) is 6.38. The van der Waals surface area contributed by atoms with Crippen LogP contribution in [0.1, 0.15) is 24.8 Å². The minimum Gasteiger partial charge on any atom is -0.487 e. The third-order valence-corrected chi connectivity index (χ3v) is 3.08. The third kappa shape index (κ3) is 2.29. The lowest BCUT2D eigenvalue weighted by molar-refractivity contribution is 0.191. The quantitative estimate of drug-likeness (QED) is 0.858. The van der Waals surface area contributed by atoms with Gasteiger partial charge in [-0.15, -0.1) is 0 Å². The minimum atomic E-state index is 0.0216. The van der Waals surface area contributed by atoms with Crippen LogP contribution in [-0.2, 0) is 0 Å². The summed E-state index contributed by atoms with van der Waals surface area (Å²) in [6, 6.07) is 7.20. The normalized spacial score (nSPS) is 24.1. The van der Waals surface area contributed by atoms with Crippen molar-refractivity contribution in [2.45, 2.75) is 31.4 Å². The first kappa shape index (κ1) is 11.3. The van der Waals surface area contributed by atoms with Gasteiger partial charge in [-0.05, 0) is 37.5 Å². The zero-order chi connectivity index (χ0) is 11.5. The lowest BCUT2D eigenvalue weighted by atomic mass is 10.2. The molecule has 84 valence electrons. The highest BCUT2D eigenvalue weighted by atomic mass is 35.5. The van der Waals surface area contributed by atoms with Gasteiger partial charge < -0.3 is 10.5 Å². The van der Waals surface area contributed by atoms with Crippen molar-refractivity contribution in [3.8, 4) is 11.8 Å². The zero-order valence-corrected chi connectivity index (χ0v) is 9.57. The topological polar surface area (TPSA) is 59.0 Å². The molecule has 1 aliphatic carbocycles. The molecule has 1 saturated carbocycles. The number of halogens is 1. The molecule has 0 spiro atoms. The summed E-state index contributed by atoms with van der Waals surface area (Å²) in [6.45, 7) is 0. The SMILES string of the molecule is N#Cc1cc(Cl)ccc1OC1CCCC1N. The summed E-state index contributed by atoms with van der Waals surface area (Å²) in [4.78, 5) is 0. The Kier molecular flexibility index (Phi) is 3.33. The lowest BCUT2D eigenvalue weighted by Crippen LogP contribution is -2.33. The van der Waals surface area contributed by atoms with Crippen molar-refractivity contribution in [2.75, 3.05) is 0 Å². The molecule has 0 radical (unpaired) electrons. The second-order valence-corrected chi connectivity index (χ2v) is 4.44. The van der Waals surface area contributed by atoms with Crippen LogP contribution in [0.5, 0.6) is 5.75 Å². The van der Waals surface area contributed by atoms with E-state index < -0.39 is 0 Å². The number of nitrogens with two attached hydrogens (primary N) is 1. The maximum absolute atomic E-state index is 8.96. The first-order valence-corrected chi connectivity index (χ1v) is 5.70. The highest BCUT2D eigenvalue weighted by Crippen LogP contribution is 2.27. The second kappa shape index (κ2) is 4.73. The first-order chi connectivity index (χ1) is 7.70. The molecule has 0 saturated heterocycles. The molecule has 16 heavy (non-hydrogen) atoms. The Labute approximate surface area is 99.8 Å². The molecule has 2 unspecified atom stereocenters. The molecule has 1 aliphatic rings. The van der Waals surface area contributed by atoms with Crippen LogP contribution >= 0.6 is 11.6 Å². The van der Waals surface area contributed by atoms with Crippen molar-refractivity contribution in [3.63, 3.8) is 0 Å². The van der Waals surface area contributed by atoms with Gasteiger partial charge in [0.25, 0.3) is 0 Å². The molecule has 1 fully saturated rings. The van der Waals surface area contributed by atoms with Crippen molar-refractivity contribution in [3.05, 3.63) is 28.8 Å². The standard InChI is InChI=1S/C12H13ClN2O/c13-9-4-5-11(8(6-9)7-14)16-12-3-1-2-10(12)15/h4-6,10,12H,1-3,15H2. The van der Waals surface area contributed by atoms with E-state index in [2.05, 4.69) is 6.07 Å². The summed E-state index contributed by atoms with van der Waals surface area (Å²) in [5.74, 6) is 0.578. The maximum atomic E-state index is 8.96. The smallest absolute Gasteiger partial charge is 0.137 e. The predicted octanol–water partition coefficient (Wildman–Crippen LogP) is 2.47. The van der Waals surface area contributed by atoms with Crippen LogP contribution in [0.2, 0.25) is 5.02 Å². The zero-order valence-electron chi connectivity index (χ0n) is 8.82. The van der Waals surface area contributed by atoms with Gasteiger partial charge in [-0.25, -0.2) is 0 Å². The molecule has 0 aromatic heterocycles. The van der Waals surface area contributed by atoms with Crippen LogP contribution in [-0.4, -0.2) is 12.1 Å². The molecular weight excluding hydrogens is 224 g/mol. The minimum absolute atomic E-state index is 0.0216. The summed E-state index contributed by atoms with van der Waals surface area (Å²) < 4.78 is 5.76. The van der Waals surface area contributed by atoms with E-state index in [4.69, 9.17) is 27.3 Å². The van der Waals surface area contributed by atoms with E-state index in [1.807, 2.05) is 0 Å². The van der Waals surface area contributed by atoms with Gasteiger partial charge in [0.2, 0.25) is 0 Å². The Morgan fingerprint density at radius 3 is 2.88 bits per heavy atom. The van der Waals surface area contributed by atoms with Crippen LogP contribution in [0.15, 0.2) is 18.2 Å². The molecule has 2 N–H and O–H groups in total. The van der Waals surface area contributed by atoms with Crippen LogP contribution in [0, 0.1) is 11.3 Å². The highest BCUT2D eigenvalue weighted by molar-refractivity contribution is 6.30. The highest BCUT2D eigenvalue weighted by Gasteiger charge is 2.26. The maximum Gasteiger partial charge on any atom is 0.137 e. The Balaban J connectivity index is 2.18. The van der Waals surface area contributed by atoms with Crippen molar-refractivity contribution in [2.24, 2.45) is 5.73 Å². The van der Waals surface area contributed by atoms with Crippen molar-refractivity contribution in [1.82, 2.24) is 0 Å². The van der Waals surface area contributed by atoms with E-state index in [0.29, 0.717) is 16.3 Å². The van der Waals surface area contributed by atoms with Gasteiger partial charge in [0.15, 0.2) is 0 Å². The third-order valence-electron chi connectivity index (χ3n) is 2.84. The predicted molar refractivity (Wildman–Crippen MR) is 62.4 cm³/mol. The number of hydrogen-bond donors (Lipinski definition) is 1. The summed E-state index contributed by atoms with van der Waals surface area (Å²) in [5, 5.41) is 9.50. The van der Waals surface area contributed by atoms with Crippen molar-refractivity contribution in [1.29, 1.82) is 5.26 Å². The second-order valence-electron chi connectivity index (χ2n) is 4.00. The van der Waals surface area contributed by atoms with Gasteiger partial charge in [-0.1, -0.05) is 11.6 Å². The fourth-order valence-corrected chi connectivity index (χ4v) is 2.13. The summed E-state index contributed by atoms with van der Waals surface area (Å²) in [7, 11) is 0. The van der Waals surface area contributed by atoms with Gasteiger partial charge in [0, 0.05) is 11.1 Å². The van der Waals surface area contributed by atoms with Crippen molar-refractivity contribution < 1.29 is 4.74 Å². The van der Waals surface area contributed by atoms with Gasteiger partial charge in [-0.2, -0.15) is 5.26 Å². The number of nitriles is 1. The molecule has 0 amide bonds. The van der Waals surface area contributed by atoms with Gasteiger partial charge in [0.1, 0.15) is 17.9 Å². The molecule has 1 aromatic carbocycles. The molecule has 2 rings (SSSR count). The molecule has 2 atom stereocenters. The fourth-order valence-electron chi connectivity index (χ4n) is 1.96. The molecule has 3 nitrogen and oxygen atoms in total. The van der Waals surface area contributed by atoms with E-state index in [1.165, 1.54) is 0 Å². The average molecular weight is 237 g/mol. The Hall–Kier alpha value is -1.24. The molecule has 1 aromatic rings. The Morgan fingerprint density at radius 2 is 2.25 bits per heavy atom. The molecule has 0 bridgehead atoms. The molecule has 0 heterocycles. The fraction of sp³-hybridized carbons (Fsp3) is 0.417. The molecule has 4 heteroatoms. The molecular formula is C12H13ClN2O. The Bertz CT molecular complexity index is 428. The summed E-state index contributed by atoms with van der Waals surface area (Å²) in [6.07, 6.45) is 3.05. The van der Waals surface area contributed by atoms with E-state index in [1.54, 1.807) is 18.2 Å². The first-order valence-electron chi connectivity index (χ1n) is 5.32. The van der Waals surface area contributed by atoms with Crippen LogP contribution < -0.4 is 10.5 Å². The largest absolute Gasteiger partial charge is 0.487 e. The lowest BCUT2D eigenvalue weighted by Gasteiger charge is -2.18. The monoisotopic (exact) mass is 236 g/mol. The van der Waals surface area contributed by atoms with Gasteiger partial charge in [-0.3, -0.25) is 0 Å². The average Bonchev–Trinajstić information content (AvgIpc) is 2.67. The van der Waals surface area contributed by atoms with Crippen LogP contribution in [0.4, 0.5) is 0 Å². The van der Waals surface area contributed by atoms with E-state index >= 15 is 0 Å². The van der Waals surface area contributed by atoms with Crippen molar-refractivity contribution >= 4 is 11.6 Å². The number of benzene rings is 1. The summed E-state index contributed by atoms with van der Waals surface area (Å²) >= 11 is 5.81. The van der Waals surface area contributed by atoms with E-state index in [9.17, 15) is 0 Å². The van der Waals surface area contributed by atoms with Gasteiger partial charge in [0.05, 0.1) is 5.56 Å². The van der Waals surface area contributed by atoms with Gasteiger partial charge >= 0.3 is 0 Å². The Morgan fingerprint density at radius 1 is 1.44 bits per heavy atom. The number of rotatable bonds is 2. The number of hydrogen-bond acceptors (Lipinski definition) is 3. The molecule has 0 aliphatic heterocycles. The van der Waals surface area contributed by atoms with Crippen LogP contribution in [0.25, 0.3) is 0 Å². The van der Waals surface area contributed by atoms with E-state index in [0.717, 1.165) is 19.3 Å². The van der Waals surface area contributed by atoms with Crippen LogP contribution in [0.3, 0.4) is 0 Å².